The smallest absolute Gasteiger partial charge is 0.417 e. The first-order chi connectivity index (χ1) is 15.1. The number of benzene rings is 1. The second kappa shape index (κ2) is 12.0. The summed E-state index contributed by atoms with van der Waals surface area (Å²) in [5, 5.41) is 4.29. The van der Waals surface area contributed by atoms with E-state index >= 15 is 0 Å². The third kappa shape index (κ3) is 7.96. The zero-order valence-electron chi connectivity index (χ0n) is 16.9. The van der Waals surface area contributed by atoms with Gasteiger partial charge in [-0.3, -0.25) is 0 Å². The average molecular weight is 514 g/mol. The number of ether oxygens (including phenoxy) is 3. The zero-order chi connectivity index (χ0) is 23.7. The Hall–Kier alpha value is -2.36. The highest BCUT2D eigenvalue weighted by molar-refractivity contribution is 6.55. The molecule has 0 aliphatic heterocycles. The fourth-order valence-electron chi connectivity index (χ4n) is 2.34. The average Bonchev–Trinajstić information content (AvgIpc) is 2.72. The third-order valence-corrected chi connectivity index (χ3v) is 4.38. The number of oxime groups is 1. The Morgan fingerprint density at radius 2 is 1.91 bits per heavy atom. The Morgan fingerprint density at radius 1 is 1.16 bits per heavy atom. The van der Waals surface area contributed by atoms with E-state index in [9.17, 15) is 13.2 Å². The summed E-state index contributed by atoms with van der Waals surface area (Å²) in [6.45, 7) is 1.84. The van der Waals surface area contributed by atoms with Gasteiger partial charge in [-0.1, -0.05) is 40.0 Å². The summed E-state index contributed by atoms with van der Waals surface area (Å²) in [4.78, 5) is 8.82. The zero-order valence-corrected chi connectivity index (χ0v) is 19.1. The molecule has 0 atom stereocenters. The first-order valence-corrected chi connectivity index (χ1v) is 10.1. The van der Waals surface area contributed by atoms with Crippen molar-refractivity contribution in [3.63, 3.8) is 0 Å². The van der Waals surface area contributed by atoms with Crippen molar-refractivity contribution in [1.29, 1.82) is 0 Å². The van der Waals surface area contributed by atoms with E-state index in [-0.39, 0.29) is 30.2 Å². The van der Waals surface area contributed by atoms with Crippen LogP contribution < -0.4 is 14.2 Å². The van der Waals surface area contributed by atoms with Crippen molar-refractivity contribution in [3.05, 3.63) is 57.2 Å². The van der Waals surface area contributed by atoms with Crippen LogP contribution in [0.5, 0.6) is 17.4 Å². The number of halogens is 6. The summed E-state index contributed by atoms with van der Waals surface area (Å²) in [7, 11) is 1.46. The lowest BCUT2D eigenvalue weighted by molar-refractivity contribution is -0.137. The summed E-state index contributed by atoms with van der Waals surface area (Å²) in [5.74, 6) is 0.842. The molecule has 0 unspecified atom stereocenters. The van der Waals surface area contributed by atoms with Crippen LogP contribution in [0.2, 0.25) is 5.02 Å². The number of aromatic nitrogens is 1. The van der Waals surface area contributed by atoms with Crippen molar-refractivity contribution in [2.45, 2.75) is 13.1 Å². The number of nitrogens with zero attached hydrogens (tertiary/aromatic N) is 2. The van der Waals surface area contributed by atoms with Crippen LogP contribution in [0.25, 0.3) is 0 Å². The van der Waals surface area contributed by atoms with Crippen molar-refractivity contribution >= 4 is 40.5 Å². The first kappa shape index (κ1) is 25.9. The maximum atomic E-state index is 12.5. The van der Waals surface area contributed by atoms with Crippen LogP contribution in [0, 0.1) is 0 Å². The van der Waals surface area contributed by atoms with Crippen LogP contribution >= 0.6 is 34.8 Å². The van der Waals surface area contributed by atoms with Gasteiger partial charge in [0.15, 0.2) is 6.61 Å². The highest BCUT2D eigenvalue weighted by Crippen LogP contribution is 2.34. The fourth-order valence-corrected chi connectivity index (χ4v) is 2.75. The van der Waals surface area contributed by atoms with E-state index in [1.54, 1.807) is 19.1 Å². The molecule has 2 aromatic rings. The van der Waals surface area contributed by atoms with E-state index in [0.29, 0.717) is 34.0 Å². The normalized spacial score (nSPS) is 11.7. The van der Waals surface area contributed by atoms with Gasteiger partial charge in [-0.15, -0.1) is 0 Å². The summed E-state index contributed by atoms with van der Waals surface area (Å²) in [6, 6.07) is 5.24. The van der Waals surface area contributed by atoms with Crippen LogP contribution in [0.3, 0.4) is 0 Å². The molecule has 1 aromatic carbocycles. The molecule has 0 radical (unpaired) electrons. The Bertz CT molecular complexity index is 964. The van der Waals surface area contributed by atoms with Gasteiger partial charge in [0.25, 0.3) is 0 Å². The molecule has 1 heterocycles. The van der Waals surface area contributed by atoms with Gasteiger partial charge < -0.3 is 19.0 Å². The van der Waals surface area contributed by atoms with Gasteiger partial charge in [0.05, 0.1) is 23.4 Å². The molecule has 0 amide bonds. The Labute approximate surface area is 197 Å². The van der Waals surface area contributed by atoms with Crippen molar-refractivity contribution in [2.24, 2.45) is 5.16 Å². The minimum atomic E-state index is -4.46. The predicted molar refractivity (Wildman–Crippen MR) is 116 cm³/mol. The second-order valence-electron chi connectivity index (χ2n) is 6.03. The molecule has 0 aliphatic rings. The van der Waals surface area contributed by atoms with Crippen LogP contribution in [0.15, 0.2) is 46.2 Å². The molecule has 0 fully saturated rings. The van der Waals surface area contributed by atoms with Gasteiger partial charge in [0.1, 0.15) is 29.2 Å². The molecule has 0 N–H and O–H groups in total. The molecular formula is C20H18Cl3F3N2O4. The molecule has 2 rings (SSSR count). The lowest BCUT2D eigenvalue weighted by Gasteiger charge is -2.13. The highest BCUT2D eigenvalue weighted by Gasteiger charge is 2.30. The number of methoxy groups -OCH3 is 1. The molecule has 0 saturated carbocycles. The van der Waals surface area contributed by atoms with Gasteiger partial charge in [0.2, 0.25) is 5.88 Å². The molecule has 32 heavy (non-hydrogen) atoms. The molecule has 0 spiro atoms. The van der Waals surface area contributed by atoms with Gasteiger partial charge in [-0.05, 0) is 25.1 Å². The molecule has 12 heteroatoms. The summed E-state index contributed by atoms with van der Waals surface area (Å²) >= 11 is 17.4. The molecule has 6 nitrogen and oxygen atoms in total. The predicted octanol–water partition coefficient (Wildman–Crippen LogP) is 6.28. The van der Waals surface area contributed by atoms with E-state index < -0.39 is 11.7 Å². The maximum Gasteiger partial charge on any atom is 0.417 e. The lowest BCUT2D eigenvalue weighted by Crippen LogP contribution is -2.09. The number of alkyl halides is 3. The SMILES string of the molecule is COc1c(Cl)cc(OCC=C(Cl)Cl)cc1/C(C)=N/OCCOc1ccc(C(F)(F)F)cn1. The molecule has 174 valence electrons. The summed E-state index contributed by atoms with van der Waals surface area (Å²) < 4.78 is 53.8. The van der Waals surface area contributed by atoms with Crippen molar-refractivity contribution in [3.8, 4) is 17.4 Å². The van der Waals surface area contributed by atoms with Gasteiger partial charge >= 0.3 is 6.18 Å². The summed E-state index contributed by atoms with van der Waals surface area (Å²) in [5.41, 5.74) is 0.107. The Morgan fingerprint density at radius 3 is 2.50 bits per heavy atom. The van der Waals surface area contributed by atoms with E-state index in [4.69, 9.17) is 53.9 Å². The highest BCUT2D eigenvalue weighted by atomic mass is 35.5. The topological polar surface area (TPSA) is 62.2 Å². The monoisotopic (exact) mass is 512 g/mol. The van der Waals surface area contributed by atoms with E-state index in [0.717, 1.165) is 12.1 Å². The van der Waals surface area contributed by atoms with Crippen LogP contribution in [0.1, 0.15) is 18.1 Å². The second-order valence-corrected chi connectivity index (χ2v) is 7.45. The summed E-state index contributed by atoms with van der Waals surface area (Å²) in [6.07, 6.45) is -2.29. The van der Waals surface area contributed by atoms with Crippen molar-refractivity contribution in [1.82, 2.24) is 4.98 Å². The maximum absolute atomic E-state index is 12.5. The first-order valence-electron chi connectivity index (χ1n) is 8.96. The molecule has 0 saturated heterocycles. The largest absolute Gasteiger partial charge is 0.494 e. The van der Waals surface area contributed by atoms with Crippen LogP contribution in [-0.4, -0.2) is 37.6 Å². The van der Waals surface area contributed by atoms with E-state index in [2.05, 4.69) is 10.1 Å². The number of pyridine rings is 1. The van der Waals surface area contributed by atoms with Gasteiger partial charge in [0, 0.05) is 23.9 Å². The van der Waals surface area contributed by atoms with E-state index in [1.165, 1.54) is 13.2 Å². The quantitative estimate of drug-likeness (QED) is 0.213. The number of hydrogen-bond acceptors (Lipinski definition) is 6. The molecule has 0 aliphatic carbocycles. The van der Waals surface area contributed by atoms with Gasteiger partial charge in [-0.25, -0.2) is 4.98 Å². The number of hydrogen-bond donors (Lipinski definition) is 0. The lowest BCUT2D eigenvalue weighted by atomic mass is 10.1. The molecule has 1 aromatic heterocycles. The van der Waals surface area contributed by atoms with Crippen molar-refractivity contribution < 1.29 is 32.2 Å². The Kier molecular flexibility index (Phi) is 9.74. The number of rotatable bonds is 10. The van der Waals surface area contributed by atoms with Crippen LogP contribution in [0.4, 0.5) is 13.2 Å². The van der Waals surface area contributed by atoms with Crippen molar-refractivity contribution in [2.75, 3.05) is 26.9 Å². The van der Waals surface area contributed by atoms with Gasteiger partial charge in [-0.2, -0.15) is 13.2 Å². The third-order valence-electron chi connectivity index (χ3n) is 3.79. The minimum Gasteiger partial charge on any atom is -0.494 e. The Balaban J connectivity index is 1.96. The molecular weight excluding hydrogens is 496 g/mol. The van der Waals surface area contributed by atoms with Crippen LogP contribution in [-0.2, 0) is 11.0 Å². The van der Waals surface area contributed by atoms with E-state index in [1.807, 2.05) is 0 Å². The standard InChI is InChI=1S/C20H18Cl3F3N2O4/c1-12(15-9-14(30-6-5-17(22)23)10-16(21)19(15)29-2)28-32-8-7-31-18-4-3-13(11-27-18)20(24,25)26/h3-5,9-11H,6-8H2,1-2H3/b28-12+. The minimum absolute atomic E-state index is 0.0156. The fraction of sp³-hybridized carbons (Fsp3) is 0.300. The molecule has 0 bridgehead atoms.